The standard InChI is InChI=1S/C9H14ClN3/c1-7-11-12-9(10)13(7)6-8-4-2-3-5-8/h8H,2-6H2,1H3. The minimum absolute atomic E-state index is 0.532. The Balaban J connectivity index is 2.07. The van der Waals surface area contributed by atoms with Crippen molar-refractivity contribution in [1.82, 2.24) is 14.8 Å². The second kappa shape index (κ2) is 3.66. The van der Waals surface area contributed by atoms with E-state index in [1.165, 1.54) is 25.7 Å². The highest BCUT2D eigenvalue weighted by Crippen LogP contribution is 2.27. The van der Waals surface area contributed by atoms with E-state index in [0.717, 1.165) is 18.3 Å². The molecule has 72 valence electrons. The van der Waals surface area contributed by atoms with E-state index in [0.29, 0.717) is 5.28 Å². The van der Waals surface area contributed by atoms with E-state index in [1.54, 1.807) is 0 Å². The number of aromatic nitrogens is 3. The molecule has 0 amide bonds. The molecule has 1 aliphatic rings. The van der Waals surface area contributed by atoms with Crippen LogP contribution in [0.25, 0.3) is 0 Å². The summed E-state index contributed by atoms with van der Waals surface area (Å²) in [4.78, 5) is 0. The summed E-state index contributed by atoms with van der Waals surface area (Å²) >= 11 is 5.91. The van der Waals surface area contributed by atoms with Crippen molar-refractivity contribution in [2.45, 2.75) is 39.2 Å². The van der Waals surface area contributed by atoms with Gasteiger partial charge >= 0.3 is 0 Å². The Bertz CT molecular complexity index is 270. The molecule has 13 heavy (non-hydrogen) atoms. The molecule has 1 aliphatic carbocycles. The van der Waals surface area contributed by atoms with Gasteiger partial charge in [-0.1, -0.05) is 12.8 Å². The molecular formula is C9H14ClN3. The maximum atomic E-state index is 5.91. The van der Waals surface area contributed by atoms with Crippen LogP contribution in [-0.4, -0.2) is 14.8 Å². The Morgan fingerprint density at radius 1 is 1.38 bits per heavy atom. The third-order valence-electron chi connectivity index (χ3n) is 2.81. The molecule has 1 aromatic rings. The lowest BCUT2D eigenvalue weighted by Crippen LogP contribution is -2.09. The first-order valence-corrected chi connectivity index (χ1v) is 5.20. The highest BCUT2D eigenvalue weighted by molar-refractivity contribution is 6.28. The molecule has 2 rings (SSSR count). The van der Waals surface area contributed by atoms with Crippen LogP contribution in [0.15, 0.2) is 0 Å². The van der Waals surface area contributed by atoms with E-state index in [2.05, 4.69) is 10.2 Å². The Kier molecular flexibility index (Phi) is 2.54. The first-order valence-electron chi connectivity index (χ1n) is 4.82. The second-order valence-corrected chi connectivity index (χ2v) is 4.12. The summed E-state index contributed by atoms with van der Waals surface area (Å²) in [5, 5.41) is 8.31. The van der Waals surface area contributed by atoms with Crippen molar-refractivity contribution < 1.29 is 0 Å². The number of aryl methyl sites for hydroxylation is 1. The van der Waals surface area contributed by atoms with Gasteiger partial charge in [-0.3, -0.25) is 0 Å². The van der Waals surface area contributed by atoms with Crippen molar-refractivity contribution >= 4 is 11.6 Å². The molecule has 0 bridgehead atoms. The normalized spacial score (nSPS) is 18.3. The van der Waals surface area contributed by atoms with Gasteiger partial charge in [0.1, 0.15) is 5.82 Å². The van der Waals surface area contributed by atoms with Gasteiger partial charge in [-0.05, 0) is 37.3 Å². The van der Waals surface area contributed by atoms with Crippen molar-refractivity contribution in [3.05, 3.63) is 11.1 Å². The first-order chi connectivity index (χ1) is 6.27. The lowest BCUT2D eigenvalue weighted by molar-refractivity contribution is 0.451. The van der Waals surface area contributed by atoms with Gasteiger partial charge in [0.15, 0.2) is 0 Å². The SMILES string of the molecule is Cc1nnc(Cl)n1CC1CCCC1. The number of hydrogen-bond donors (Lipinski definition) is 0. The molecule has 0 radical (unpaired) electrons. The van der Waals surface area contributed by atoms with Crippen LogP contribution in [-0.2, 0) is 6.54 Å². The third-order valence-corrected chi connectivity index (χ3v) is 3.09. The summed E-state index contributed by atoms with van der Waals surface area (Å²) in [7, 11) is 0. The van der Waals surface area contributed by atoms with E-state index in [1.807, 2.05) is 11.5 Å². The maximum absolute atomic E-state index is 5.91. The Morgan fingerprint density at radius 3 is 2.62 bits per heavy atom. The molecule has 1 heterocycles. The highest BCUT2D eigenvalue weighted by Gasteiger charge is 2.17. The van der Waals surface area contributed by atoms with Crippen LogP contribution in [0, 0.1) is 12.8 Å². The van der Waals surface area contributed by atoms with Crippen LogP contribution in [0.1, 0.15) is 31.5 Å². The molecule has 1 saturated carbocycles. The minimum atomic E-state index is 0.532. The van der Waals surface area contributed by atoms with E-state index >= 15 is 0 Å². The van der Waals surface area contributed by atoms with Gasteiger partial charge in [-0.2, -0.15) is 0 Å². The predicted molar refractivity (Wildman–Crippen MR) is 51.7 cm³/mol. The summed E-state index contributed by atoms with van der Waals surface area (Å²) in [6.07, 6.45) is 5.38. The summed E-state index contributed by atoms with van der Waals surface area (Å²) in [6, 6.07) is 0. The van der Waals surface area contributed by atoms with E-state index in [9.17, 15) is 0 Å². The van der Waals surface area contributed by atoms with Crippen molar-refractivity contribution in [3.63, 3.8) is 0 Å². The van der Waals surface area contributed by atoms with Crippen molar-refractivity contribution in [3.8, 4) is 0 Å². The van der Waals surface area contributed by atoms with Crippen molar-refractivity contribution in [2.24, 2.45) is 5.92 Å². The molecule has 0 atom stereocenters. The van der Waals surface area contributed by atoms with Gasteiger partial charge in [0.2, 0.25) is 5.28 Å². The summed E-state index contributed by atoms with van der Waals surface area (Å²) in [5.74, 6) is 1.71. The molecule has 0 aromatic carbocycles. The topological polar surface area (TPSA) is 30.7 Å². The van der Waals surface area contributed by atoms with Crippen LogP contribution >= 0.6 is 11.6 Å². The molecule has 4 heteroatoms. The molecule has 0 unspecified atom stereocenters. The fourth-order valence-corrected chi connectivity index (χ4v) is 2.24. The van der Waals surface area contributed by atoms with Gasteiger partial charge < -0.3 is 4.57 Å². The molecular weight excluding hydrogens is 186 g/mol. The van der Waals surface area contributed by atoms with E-state index in [4.69, 9.17) is 11.6 Å². The van der Waals surface area contributed by atoms with Crippen molar-refractivity contribution in [1.29, 1.82) is 0 Å². The Morgan fingerprint density at radius 2 is 2.08 bits per heavy atom. The van der Waals surface area contributed by atoms with Gasteiger partial charge in [0.25, 0.3) is 0 Å². The molecule has 1 aromatic heterocycles. The average Bonchev–Trinajstić information content (AvgIpc) is 2.70. The fraction of sp³-hybridized carbons (Fsp3) is 0.778. The monoisotopic (exact) mass is 199 g/mol. The minimum Gasteiger partial charge on any atom is -0.302 e. The molecule has 0 aliphatic heterocycles. The Hall–Kier alpha value is -0.570. The summed E-state index contributed by atoms with van der Waals surface area (Å²) in [6.45, 7) is 2.95. The Labute approximate surface area is 83.1 Å². The number of rotatable bonds is 2. The maximum Gasteiger partial charge on any atom is 0.225 e. The lowest BCUT2D eigenvalue weighted by Gasteiger charge is -2.10. The number of nitrogens with zero attached hydrogens (tertiary/aromatic N) is 3. The van der Waals surface area contributed by atoms with E-state index < -0.39 is 0 Å². The quantitative estimate of drug-likeness (QED) is 0.733. The largest absolute Gasteiger partial charge is 0.302 e. The second-order valence-electron chi connectivity index (χ2n) is 3.78. The van der Waals surface area contributed by atoms with Crippen LogP contribution in [0.5, 0.6) is 0 Å². The first kappa shape index (κ1) is 9.00. The van der Waals surface area contributed by atoms with Crippen molar-refractivity contribution in [2.75, 3.05) is 0 Å². The zero-order chi connectivity index (χ0) is 9.26. The predicted octanol–water partition coefficient (Wildman–Crippen LogP) is 2.43. The zero-order valence-electron chi connectivity index (χ0n) is 7.83. The highest BCUT2D eigenvalue weighted by atomic mass is 35.5. The number of halogens is 1. The average molecular weight is 200 g/mol. The van der Waals surface area contributed by atoms with Crippen LogP contribution in [0.2, 0.25) is 5.28 Å². The molecule has 0 spiro atoms. The smallest absolute Gasteiger partial charge is 0.225 e. The van der Waals surface area contributed by atoms with Gasteiger partial charge in [-0.15, -0.1) is 10.2 Å². The lowest BCUT2D eigenvalue weighted by atomic mass is 10.1. The third kappa shape index (κ3) is 1.85. The van der Waals surface area contributed by atoms with Crippen LogP contribution in [0.3, 0.4) is 0 Å². The van der Waals surface area contributed by atoms with Crippen LogP contribution < -0.4 is 0 Å². The molecule has 0 saturated heterocycles. The fourth-order valence-electron chi connectivity index (χ4n) is 2.01. The van der Waals surface area contributed by atoms with Gasteiger partial charge in [0, 0.05) is 6.54 Å². The molecule has 3 nitrogen and oxygen atoms in total. The summed E-state index contributed by atoms with van der Waals surface area (Å²) < 4.78 is 2.01. The molecule has 1 fully saturated rings. The van der Waals surface area contributed by atoms with Gasteiger partial charge in [-0.25, -0.2) is 0 Å². The number of hydrogen-bond acceptors (Lipinski definition) is 2. The molecule has 0 N–H and O–H groups in total. The zero-order valence-corrected chi connectivity index (χ0v) is 8.59. The summed E-state index contributed by atoms with van der Waals surface area (Å²) in [5.41, 5.74) is 0. The van der Waals surface area contributed by atoms with E-state index in [-0.39, 0.29) is 0 Å². The van der Waals surface area contributed by atoms with Gasteiger partial charge in [0.05, 0.1) is 0 Å². The van der Waals surface area contributed by atoms with Crippen LogP contribution in [0.4, 0.5) is 0 Å².